The summed E-state index contributed by atoms with van der Waals surface area (Å²) in [4.78, 5) is 19.4. The summed E-state index contributed by atoms with van der Waals surface area (Å²) in [6, 6.07) is 11.9. The van der Waals surface area contributed by atoms with E-state index in [2.05, 4.69) is 16.0 Å². The van der Waals surface area contributed by atoms with Crippen LogP contribution in [-0.2, 0) is 0 Å². The third-order valence-electron chi connectivity index (χ3n) is 4.15. The second kappa shape index (κ2) is 8.16. The third-order valence-corrected chi connectivity index (χ3v) is 5.06. The van der Waals surface area contributed by atoms with E-state index < -0.39 is 12.0 Å². The number of primary amides is 1. The van der Waals surface area contributed by atoms with Crippen LogP contribution in [0.3, 0.4) is 0 Å². The first-order valence-corrected chi connectivity index (χ1v) is 9.22. The highest BCUT2D eigenvalue weighted by molar-refractivity contribution is 7.13. The average Bonchev–Trinajstić information content (AvgIpc) is 3.30. The molecular formula is C19H21N3O3S. The molecule has 1 aromatic carbocycles. The number of rotatable bonds is 8. The van der Waals surface area contributed by atoms with Gasteiger partial charge in [0, 0.05) is 16.4 Å². The predicted octanol–water partition coefficient (Wildman–Crippen LogP) is 3.17. The van der Waals surface area contributed by atoms with Crippen LogP contribution in [0.25, 0.3) is 10.4 Å². The molecule has 0 saturated carbocycles. The van der Waals surface area contributed by atoms with Crippen LogP contribution in [0, 0.1) is 0 Å². The first-order valence-electron chi connectivity index (χ1n) is 8.34. The van der Waals surface area contributed by atoms with Gasteiger partial charge in [0.05, 0.1) is 18.9 Å². The molecule has 136 valence electrons. The lowest BCUT2D eigenvalue weighted by molar-refractivity contribution is 0.0995. The molecule has 0 fully saturated rings. The lowest BCUT2D eigenvalue weighted by Gasteiger charge is -2.18. The molecule has 0 saturated heterocycles. The minimum Gasteiger partial charge on any atom is -0.493 e. The molecule has 0 aliphatic rings. The molecule has 2 atom stereocenters. The van der Waals surface area contributed by atoms with Crippen molar-refractivity contribution in [3.05, 3.63) is 59.5 Å². The number of imidazole rings is 1. The molecule has 26 heavy (non-hydrogen) atoms. The van der Waals surface area contributed by atoms with Crippen molar-refractivity contribution in [2.45, 2.75) is 25.4 Å². The van der Waals surface area contributed by atoms with Crippen molar-refractivity contribution in [2.24, 2.45) is 5.73 Å². The van der Waals surface area contributed by atoms with E-state index in [0.717, 1.165) is 16.2 Å². The van der Waals surface area contributed by atoms with Gasteiger partial charge in [0.1, 0.15) is 17.3 Å². The standard InChI is InChI=1S/C19H21N3O3S/c1-12(23)13(19-21-11-15(22-19)18(20)24)8-9-25-16-6-3-2-5-14(16)17-7-4-10-26-17/h2-7,10-13,23H,8-9H2,1H3,(H2,20,24)(H,21,22)/t12-,13-/m0/s1. The largest absolute Gasteiger partial charge is 0.493 e. The zero-order valence-electron chi connectivity index (χ0n) is 14.4. The van der Waals surface area contributed by atoms with E-state index in [9.17, 15) is 9.90 Å². The molecule has 3 aromatic rings. The van der Waals surface area contributed by atoms with E-state index in [0.29, 0.717) is 18.9 Å². The van der Waals surface area contributed by atoms with Crippen molar-refractivity contribution < 1.29 is 14.6 Å². The van der Waals surface area contributed by atoms with E-state index >= 15 is 0 Å². The summed E-state index contributed by atoms with van der Waals surface area (Å²) in [5, 5.41) is 12.1. The number of aromatic nitrogens is 2. The quantitative estimate of drug-likeness (QED) is 0.566. The smallest absolute Gasteiger partial charge is 0.266 e. The van der Waals surface area contributed by atoms with E-state index in [1.165, 1.54) is 6.20 Å². The molecule has 0 unspecified atom stereocenters. The molecule has 7 heteroatoms. The number of carbonyl (C=O) groups is 1. The van der Waals surface area contributed by atoms with Gasteiger partial charge in [0.25, 0.3) is 5.91 Å². The number of thiophene rings is 1. The number of carbonyl (C=O) groups excluding carboxylic acids is 1. The third kappa shape index (κ3) is 4.12. The van der Waals surface area contributed by atoms with Gasteiger partial charge in [-0.1, -0.05) is 18.2 Å². The number of amides is 1. The summed E-state index contributed by atoms with van der Waals surface area (Å²) in [5.74, 6) is 0.478. The van der Waals surface area contributed by atoms with Crippen LogP contribution in [-0.4, -0.2) is 33.7 Å². The van der Waals surface area contributed by atoms with Crippen molar-refractivity contribution in [1.82, 2.24) is 9.97 Å². The molecular weight excluding hydrogens is 350 g/mol. The van der Waals surface area contributed by atoms with E-state index in [4.69, 9.17) is 10.5 Å². The Morgan fingerprint density at radius 2 is 2.15 bits per heavy atom. The fraction of sp³-hybridized carbons (Fsp3) is 0.263. The van der Waals surface area contributed by atoms with E-state index in [1.54, 1.807) is 18.3 Å². The number of hydrogen-bond acceptors (Lipinski definition) is 5. The van der Waals surface area contributed by atoms with Crippen molar-refractivity contribution in [3.63, 3.8) is 0 Å². The number of aromatic amines is 1. The van der Waals surface area contributed by atoms with Gasteiger partial charge in [0.15, 0.2) is 0 Å². The Morgan fingerprint density at radius 3 is 2.81 bits per heavy atom. The minimum atomic E-state index is -0.641. The van der Waals surface area contributed by atoms with Crippen molar-refractivity contribution in [2.75, 3.05) is 6.61 Å². The summed E-state index contributed by atoms with van der Waals surface area (Å²) in [6.07, 6.45) is 1.29. The fourth-order valence-electron chi connectivity index (χ4n) is 2.78. The summed E-state index contributed by atoms with van der Waals surface area (Å²) in [5.41, 5.74) is 6.52. The molecule has 3 rings (SSSR count). The van der Waals surface area contributed by atoms with Gasteiger partial charge in [-0.05, 0) is 36.9 Å². The molecule has 0 spiro atoms. The number of nitrogens with zero attached hydrogens (tertiary/aromatic N) is 1. The maximum atomic E-state index is 11.2. The molecule has 6 nitrogen and oxygen atoms in total. The van der Waals surface area contributed by atoms with Gasteiger partial charge in [-0.2, -0.15) is 0 Å². The molecule has 2 aromatic heterocycles. The van der Waals surface area contributed by atoms with Crippen LogP contribution in [0.1, 0.15) is 35.6 Å². The molecule has 0 aliphatic heterocycles. The Labute approximate surface area is 155 Å². The molecule has 0 bridgehead atoms. The van der Waals surface area contributed by atoms with Gasteiger partial charge in [0.2, 0.25) is 0 Å². The van der Waals surface area contributed by atoms with Gasteiger partial charge in [-0.3, -0.25) is 4.79 Å². The van der Waals surface area contributed by atoms with Crippen LogP contribution in [0.15, 0.2) is 48.0 Å². The van der Waals surface area contributed by atoms with Crippen LogP contribution < -0.4 is 10.5 Å². The number of H-pyrrole nitrogens is 1. The molecule has 0 radical (unpaired) electrons. The first kappa shape index (κ1) is 18.2. The Morgan fingerprint density at radius 1 is 1.35 bits per heavy atom. The number of para-hydroxylation sites is 1. The van der Waals surface area contributed by atoms with Crippen molar-refractivity contribution in [3.8, 4) is 16.2 Å². The molecule has 1 amide bonds. The monoisotopic (exact) mass is 371 g/mol. The summed E-state index contributed by atoms with van der Waals surface area (Å²) in [6.45, 7) is 2.10. The topological polar surface area (TPSA) is 101 Å². The Kier molecular flexibility index (Phi) is 5.70. The zero-order valence-corrected chi connectivity index (χ0v) is 15.2. The normalized spacial score (nSPS) is 13.3. The zero-order chi connectivity index (χ0) is 18.5. The minimum absolute atomic E-state index is 0.231. The highest BCUT2D eigenvalue weighted by Gasteiger charge is 2.22. The SMILES string of the molecule is C[C@H](O)[C@H](CCOc1ccccc1-c1cccs1)c1ncc(C(N)=O)[nH]1. The molecule has 2 heterocycles. The van der Waals surface area contributed by atoms with Gasteiger partial charge in [-0.15, -0.1) is 11.3 Å². The number of nitrogens with two attached hydrogens (primary N) is 1. The Balaban J connectivity index is 1.68. The fourth-order valence-corrected chi connectivity index (χ4v) is 3.54. The molecule has 4 N–H and O–H groups in total. The summed E-state index contributed by atoms with van der Waals surface area (Å²) >= 11 is 1.66. The van der Waals surface area contributed by atoms with Crippen LogP contribution in [0.4, 0.5) is 0 Å². The number of aliphatic hydroxyl groups is 1. The second-order valence-corrected chi connectivity index (χ2v) is 6.95. The van der Waals surface area contributed by atoms with Crippen LogP contribution >= 0.6 is 11.3 Å². The van der Waals surface area contributed by atoms with Gasteiger partial charge in [-0.25, -0.2) is 4.98 Å². The van der Waals surface area contributed by atoms with Crippen molar-refractivity contribution >= 4 is 17.2 Å². The maximum absolute atomic E-state index is 11.2. The lowest BCUT2D eigenvalue weighted by atomic mass is 9.99. The summed E-state index contributed by atoms with van der Waals surface area (Å²) < 4.78 is 5.98. The summed E-state index contributed by atoms with van der Waals surface area (Å²) in [7, 11) is 0. The first-order chi connectivity index (χ1) is 12.6. The van der Waals surface area contributed by atoms with Gasteiger partial charge >= 0.3 is 0 Å². The van der Waals surface area contributed by atoms with Crippen LogP contribution in [0.5, 0.6) is 5.75 Å². The second-order valence-electron chi connectivity index (χ2n) is 6.00. The number of benzene rings is 1. The number of nitrogens with one attached hydrogen (secondary N) is 1. The number of ether oxygens (including phenoxy) is 1. The van der Waals surface area contributed by atoms with Gasteiger partial charge < -0.3 is 20.6 Å². The van der Waals surface area contributed by atoms with E-state index in [-0.39, 0.29) is 11.6 Å². The number of hydrogen-bond donors (Lipinski definition) is 3. The molecule has 0 aliphatic carbocycles. The maximum Gasteiger partial charge on any atom is 0.266 e. The Hall–Kier alpha value is -2.64. The lowest BCUT2D eigenvalue weighted by Crippen LogP contribution is -2.19. The number of aliphatic hydroxyl groups excluding tert-OH is 1. The highest BCUT2D eigenvalue weighted by atomic mass is 32.1. The van der Waals surface area contributed by atoms with Crippen molar-refractivity contribution in [1.29, 1.82) is 0 Å². The van der Waals surface area contributed by atoms with Crippen LogP contribution in [0.2, 0.25) is 0 Å². The van der Waals surface area contributed by atoms with E-state index in [1.807, 2.05) is 35.7 Å². The predicted molar refractivity (Wildman–Crippen MR) is 101 cm³/mol. The Bertz CT molecular complexity index is 859. The highest BCUT2D eigenvalue weighted by Crippen LogP contribution is 2.33. The average molecular weight is 371 g/mol.